The van der Waals surface area contributed by atoms with Gasteiger partial charge in [0, 0.05) is 22.9 Å². The SMILES string of the molecule is FC(F)(F)Sc1occc1-c1cccc(C2OCCO2)c1. The second-order valence-electron chi connectivity index (χ2n) is 4.37. The van der Waals surface area contributed by atoms with Crippen LogP contribution < -0.4 is 0 Å². The van der Waals surface area contributed by atoms with Crippen molar-refractivity contribution in [2.24, 2.45) is 0 Å². The van der Waals surface area contributed by atoms with Gasteiger partial charge in [0.1, 0.15) is 0 Å². The first-order chi connectivity index (χ1) is 10.0. The van der Waals surface area contributed by atoms with Crippen LogP contribution in [0.3, 0.4) is 0 Å². The molecule has 1 fully saturated rings. The number of benzene rings is 1. The summed E-state index contributed by atoms with van der Waals surface area (Å²) in [7, 11) is 0. The van der Waals surface area contributed by atoms with Gasteiger partial charge in [-0.3, -0.25) is 0 Å². The van der Waals surface area contributed by atoms with E-state index in [4.69, 9.17) is 13.9 Å². The Morgan fingerprint density at radius 3 is 2.57 bits per heavy atom. The predicted molar refractivity (Wildman–Crippen MR) is 70.7 cm³/mol. The van der Waals surface area contributed by atoms with Gasteiger partial charge in [0.25, 0.3) is 0 Å². The molecule has 3 rings (SSSR count). The van der Waals surface area contributed by atoms with Crippen LogP contribution in [0.15, 0.2) is 46.1 Å². The summed E-state index contributed by atoms with van der Waals surface area (Å²) in [6.07, 6.45) is 0.786. The number of ether oxygens (including phenoxy) is 2. The smallest absolute Gasteiger partial charge is 0.449 e. The van der Waals surface area contributed by atoms with Gasteiger partial charge in [-0.2, -0.15) is 13.2 Å². The highest BCUT2D eigenvalue weighted by atomic mass is 32.2. The molecule has 0 aliphatic carbocycles. The van der Waals surface area contributed by atoms with E-state index in [1.165, 1.54) is 12.3 Å². The maximum Gasteiger partial charge on any atom is 0.449 e. The Labute approximate surface area is 123 Å². The highest BCUT2D eigenvalue weighted by molar-refractivity contribution is 8.00. The molecule has 1 aliphatic heterocycles. The van der Waals surface area contributed by atoms with Crippen LogP contribution in [-0.2, 0) is 9.47 Å². The summed E-state index contributed by atoms with van der Waals surface area (Å²) in [4.78, 5) is 0. The zero-order valence-electron chi connectivity index (χ0n) is 10.7. The first-order valence-corrected chi connectivity index (χ1v) is 7.01. The fraction of sp³-hybridized carbons (Fsp3) is 0.286. The van der Waals surface area contributed by atoms with E-state index < -0.39 is 11.8 Å². The first-order valence-electron chi connectivity index (χ1n) is 6.20. The molecule has 0 atom stereocenters. The number of halogens is 3. The Bertz CT molecular complexity index is 618. The van der Waals surface area contributed by atoms with Crippen molar-refractivity contribution in [3.63, 3.8) is 0 Å². The quantitative estimate of drug-likeness (QED) is 0.774. The van der Waals surface area contributed by atoms with E-state index >= 15 is 0 Å². The molecule has 0 amide bonds. The Balaban J connectivity index is 1.90. The summed E-state index contributed by atoms with van der Waals surface area (Å²) in [6, 6.07) is 8.56. The average Bonchev–Trinajstić information content (AvgIpc) is 3.07. The summed E-state index contributed by atoms with van der Waals surface area (Å²) >= 11 is -0.262. The minimum Gasteiger partial charge on any atom is -0.457 e. The van der Waals surface area contributed by atoms with Gasteiger partial charge < -0.3 is 13.9 Å². The van der Waals surface area contributed by atoms with E-state index in [1.54, 1.807) is 18.2 Å². The number of hydrogen-bond acceptors (Lipinski definition) is 4. The van der Waals surface area contributed by atoms with Crippen LogP contribution in [0.1, 0.15) is 11.9 Å². The second kappa shape index (κ2) is 5.75. The van der Waals surface area contributed by atoms with Crippen molar-refractivity contribution in [3.05, 3.63) is 42.2 Å². The summed E-state index contributed by atoms with van der Waals surface area (Å²) < 4.78 is 53.2. The Morgan fingerprint density at radius 2 is 1.86 bits per heavy atom. The lowest BCUT2D eigenvalue weighted by Crippen LogP contribution is -1.99. The third-order valence-electron chi connectivity index (χ3n) is 2.93. The fourth-order valence-electron chi connectivity index (χ4n) is 2.10. The molecule has 0 N–H and O–H groups in total. The van der Waals surface area contributed by atoms with Gasteiger partial charge in [-0.1, -0.05) is 18.2 Å². The summed E-state index contributed by atoms with van der Waals surface area (Å²) in [6.45, 7) is 1.02. The van der Waals surface area contributed by atoms with Gasteiger partial charge in [0.05, 0.1) is 19.5 Å². The van der Waals surface area contributed by atoms with E-state index in [0.717, 1.165) is 5.56 Å². The number of thioether (sulfide) groups is 1. The van der Waals surface area contributed by atoms with E-state index in [-0.39, 0.29) is 16.9 Å². The molecule has 7 heteroatoms. The van der Waals surface area contributed by atoms with Crippen LogP contribution in [0.4, 0.5) is 13.2 Å². The van der Waals surface area contributed by atoms with E-state index in [0.29, 0.717) is 24.3 Å². The minimum absolute atomic E-state index is 0.173. The molecule has 1 aromatic carbocycles. The minimum atomic E-state index is -4.39. The predicted octanol–water partition coefficient (Wildman–Crippen LogP) is 4.60. The molecule has 1 aromatic heterocycles. The van der Waals surface area contributed by atoms with Gasteiger partial charge >= 0.3 is 5.51 Å². The molecule has 1 aliphatic rings. The van der Waals surface area contributed by atoms with Crippen LogP contribution in [0, 0.1) is 0 Å². The molecule has 112 valence electrons. The van der Waals surface area contributed by atoms with E-state index in [2.05, 4.69) is 0 Å². The van der Waals surface area contributed by atoms with Crippen LogP contribution >= 0.6 is 11.8 Å². The normalized spacial score (nSPS) is 16.5. The molecular formula is C14H11F3O3S. The van der Waals surface area contributed by atoms with Crippen molar-refractivity contribution < 1.29 is 27.1 Å². The molecule has 2 aromatic rings. The fourth-order valence-corrected chi connectivity index (χ4v) is 2.71. The van der Waals surface area contributed by atoms with Crippen LogP contribution in [0.2, 0.25) is 0 Å². The topological polar surface area (TPSA) is 31.6 Å². The molecule has 21 heavy (non-hydrogen) atoms. The third kappa shape index (κ3) is 3.42. The highest BCUT2D eigenvalue weighted by Gasteiger charge is 2.32. The van der Waals surface area contributed by atoms with Crippen molar-refractivity contribution in [1.82, 2.24) is 0 Å². The molecule has 0 spiro atoms. The van der Waals surface area contributed by atoms with E-state index in [1.807, 2.05) is 6.07 Å². The van der Waals surface area contributed by atoms with Gasteiger partial charge in [-0.15, -0.1) is 0 Å². The number of furan rings is 1. The van der Waals surface area contributed by atoms with Crippen LogP contribution in [0.5, 0.6) is 0 Å². The lowest BCUT2D eigenvalue weighted by atomic mass is 10.1. The Morgan fingerprint density at radius 1 is 1.10 bits per heavy atom. The average molecular weight is 316 g/mol. The Hall–Kier alpha value is -1.44. The Kier molecular flexibility index (Phi) is 3.97. The van der Waals surface area contributed by atoms with Gasteiger partial charge in [-0.05, 0) is 17.7 Å². The molecule has 0 radical (unpaired) electrons. The maximum absolute atomic E-state index is 12.5. The van der Waals surface area contributed by atoms with Gasteiger partial charge in [0.2, 0.25) is 0 Å². The zero-order chi connectivity index (χ0) is 14.9. The molecule has 0 saturated carbocycles. The molecule has 2 heterocycles. The lowest BCUT2D eigenvalue weighted by Gasteiger charge is -2.11. The summed E-state index contributed by atoms with van der Waals surface area (Å²) in [5, 5.41) is -0.173. The largest absolute Gasteiger partial charge is 0.457 e. The van der Waals surface area contributed by atoms with Crippen molar-refractivity contribution in [1.29, 1.82) is 0 Å². The number of rotatable bonds is 3. The third-order valence-corrected chi connectivity index (χ3v) is 3.66. The first kappa shape index (κ1) is 14.5. The molecule has 0 unspecified atom stereocenters. The summed E-state index contributed by atoms with van der Waals surface area (Å²) in [5.41, 5.74) is -2.58. The van der Waals surface area contributed by atoms with Crippen molar-refractivity contribution in [3.8, 4) is 11.1 Å². The van der Waals surface area contributed by atoms with Crippen LogP contribution in [-0.4, -0.2) is 18.7 Å². The second-order valence-corrected chi connectivity index (χ2v) is 5.41. The number of alkyl halides is 3. The monoisotopic (exact) mass is 316 g/mol. The molecule has 3 nitrogen and oxygen atoms in total. The van der Waals surface area contributed by atoms with Crippen molar-refractivity contribution >= 4 is 11.8 Å². The van der Waals surface area contributed by atoms with E-state index in [9.17, 15) is 13.2 Å². The zero-order valence-corrected chi connectivity index (χ0v) is 11.5. The molecule has 1 saturated heterocycles. The standard InChI is InChI=1S/C14H11F3O3S/c15-14(16,17)21-13-11(4-5-20-13)9-2-1-3-10(8-9)12-18-6-7-19-12/h1-5,8,12H,6-7H2. The van der Waals surface area contributed by atoms with Crippen molar-refractivity contribution in [2.75, 3.05) is 13.2 Å². The maximum atomic E-state index is 12.5. The molecule has 0 bridgehead atoms. The highest BCUT2D eigenvalue weighted by Crippen LogP contribution is 2.42. The van der Waals surface area contributed by atoms with Crippen molar-refractivity contribution in [2.45, 2.75) is 16.9 Å². The van der Waals surface area contributed by atoms with Gasteiger partial charge in [0.15, 0.2) is 11.4 Å². The number of hydrogen-bond donors (Lipinski definition) is 0. The summed E-state index contributed by atoms with van der Waals surface area (Å²) in [5.74, 6) is 0. The van der Waals surface area contributed by atoms with Gasteiger partial charge in [-0.25, -0.2) is 0 Å². The van der Waals surface area contributed by atoms with Crippen LogP contribution in [0.25, 0.3) is 11.1 Å². The lowest BCUT2D eigenvalue weighted by molar-refractivity contribution is -0.0441. The molecular weight excluding hydrogens is 305 g/mol.